The maximum atomic E-state index is 13.4. The zero-order valence-electron chi connectivity index (χ0n) is 20.6. The van der Waals surface area contributed by atoms with Crippen molar-refractivity contribution in [2.45, 2.75) is 32.2 Å². The lowest BCUT2D eigenvalue weighted by Gasteiger charge is -2.27. The molecule has 3 heterocycles. The number of hydrogen-bond acceptors (Lipinski definition) is 8. The van der Waals surface area contributed by atoms with Gasteiger partial charge < -0.3 is 19.9 Å². The van der Waals surface area contributed by atoms with Gasteiger partial charge in [0.15, 0.2) is 0 Å². The summed E-state index contributed by atoms with van der Waals surface area (Å²) < 4.78 is 5.33. The molecule has 0 bridgehead atoms. The Kier molecular flexibility index (Phi) is 8.35. The van der Waals surface area contributed by atoms with E-state index in [0.717, 1.165) is 5.56 Å². The third-order valence-corrected chi connectivity index (χ3v) is 8.25. The molecule has 2 aromatic heterocycles. The number of aromatic nitrogens is 3. The summed E-state index contributed by atoms with van der Waals surface area (Å²) in [7, 11) is -4.05. The molecule has 1 aliphatic rings. The summed E-state index contributed by atoms with van der Waals surface area (Å²) in [6.45, 7) is 1.46. The molecule has 0 saturated carbocycles. The van der Waals surface area contributed by atoms with E-state index < -0.39 is 43.6 Å². The summed E-state index contributed by atoms with van der Waals surface area (Å²) in [5.74, 6) is -3.10. The molecule has 1 aliphatic heterocycles. The molecule has 200 valence electrons. The van der Waals surface area contributed by atoms with Crippen LogP contribution in [0.15, 0.2) is 65.0 Å². The number of hydrogen-bond donors (Lipinski definition) is 5. The molecular weight excluding hydrogens is 513 g/mol. The second-order valence-electron chi connectivity index (χ2n) is 9.07. The van der Waals surface area contributed by atoms with Crippen LogP contribution in [0.3, 0.4) is 0 Å². The van der Waals surface area contributed by atoms with Crippen LogP contribution in [-0.2, 0) is 27.2 Å². The van der Waals surface area contributed by atoms with E-state index in [1.807, 2.05) is 30.3 Å². The summed E-state index contributed by atoms with van der Waals surface area (Å²) in [5.41, 5.74) is 1.94. The number of H-pyrrole nitrogens is 1. The van der Waals surface area contributed by atoms with E-state index in [-0.39, 0.29) is 30.6 Å². The first-order valence-electron chi connectivity index (χ1n) is 12.0. The third-order valence-electron chi connectivity index (χ3n) is 6.14. The highest BCUT2D eigenvalue weighted by Gasteiger charge is 2.50. The molecule has 0 saturated heterocycles. The van der Waals surface area contributed by atoms with Crippen LogP contribution in [0.4, 0.5) is 0 Å². The Bertz CT molecular complexity index is 1310. The zero-order chi connectivity index (χ0) is 27.3. The Morgan fingerprint density at radius 3 is 2.63 bits per heavy atom. The molecule has 3 aromatic rings. The van der Waals surface area contributed by atoms with Crippen molar-refractivity contribution in [3.8, 4) is 11.3 Å². The molecule has 1 aromatic carbocycles. The van der Waals surface area contributed by atoms with E-state index in [1.54, 1.807) is 6.07 Å². The highest BCUT2D eigenvalue weighted by molar-refractivity contribution is 7.68. The van der Waals surface area contributed by atoms with Gasteiger partial charge in [0.05, 0.1) is 6.33 Å². The van der Waals surface area contributed by atoms with Crippen molar-refractivity contribution in [2.24, 2.45) is 5.92 Å². The number of benzene rings is 1. The smallest absolute Gasteiger partial charge is 0.317 e. The van der Waals surface area contributed by atoms with Gasteiger partial charge >= 0.3 is 13.7 Å². The standard InChI is InChI=1S/C25H28N5O7P/c1-16(31)28-22(11-19-13-26-15-27-19)24(32)30-9-5-8-23(30)38(35,36)14-18(25(33)34)10-20-12-21(29-37-20)17-6-3-2-4-7-17/h2-4,6-8,12-13,15,18,22,35-36H,5,9-11,14H2,1H3,(H2-,26,27,28,31,33,34)/p+1. The van der Waals surface area contributed by atoms with Crippen molar-refractivity contribution in [1.82, 2.24) is 25.3 Å². The number of imidazole rings is 1. The number of carboxylic acids is 1. The van der Waals surface area contributed by atoms with E-state index in [2.05, 4.69) is 20.4 Å². The first kappa shape index (κ1) is 27.2. The van der Waals surface area contributed by atoms with Crippen molar-refractivity contribution < 1.29 is 33.8 Å². The van der Waals surface area contributed by atoms with Crippen LogP contribution < -0.4 is 5.32 Å². The number of carbonyl (C=O) groups is 3. The molecule has 38 heavy (non-hydrogen) atoms. The van der Waals surface area contributed by atoms with Crippen LogP contribution in [0.2, 0.25) is 0 Å². The van der Waals surface area contributed by atoms with E-state index in [4.69, 9.17) is 4.52 Å². The summed E-state index contributed by atoms with van der Waals surface area (Å²) in [6, 6.07) is 9.87. The molecule has 0 spiro atoms. The van der Waals surface area contributed by atoms with Gasteiger partial charge in [-0.3, -0.25) is 19.3 Å². The van der Waals surface area contributed by atoms with Gasteiger partial charge in [0, 0.05) is 49.8 Å². The number of amides is 2. The predicted molar refractivity (Wildman–Crippen MR) is 137 cm³/mol. The molecule has 5 N–H and O–H groups in total. The second-order valence-corrected chi connectivity index (χ2v) is 11.4. The Labute approximate surface area is 218 Å². The minimum absolute atomic E-state index is 0.0174. The molecule has 0 radical (unpaired) electrons. The Morgan fingerprint density at radius 2 is 1.97 bits per heavy atom. The van der Waals surface area contributed by atoms with Crippen molar-refractivity contribution in [2.75, 3.05) is 12.7 Å². The molecule has 2 atom stereocenters. The van der Waals surface area contributed by atoms with Gasteiger partial charge in [0.2, 0.25) is 11.3 Å². The number of rotatable bonds is 11. The summed E-state index contributed by atoms with van der Waals surface area (Å²) >= 11 is 0. The fourth-order valence-corrected chi connectivity index (χ4v) is 6.48. The Balaban J connectivity index is 1.49. The van der Waals surface area contributed by atoms with Crippen molar-refractivity contribution in [3.05, 3.63) is 71.9 Å². The molecule has 13 heteroatoms. The van der Waals surface area contributed by atoms with Crippen LogP contribution >= 0.6 is 7.72 Å². The quantitative estimate of drug-likeness (QED) is 0.226. The lowest BCUT2D eigenvalue weighted by Crippen LogP contribution is -2.48. The lowest BCUT2D eigenvalue weighted by atomic mass is 10.1. The number of carbonyl (C=O) groups excluding carboxylic acids is 2. The minimum Gasteiger partial charge on any atom is -0.481 e. The number of aliphatic carboxylic acids is 1. The number of carboxylic acid groups (broad SMARTS) is 1. The average molecular weight is 543 g/mol. The Hall–Kier alpha value is -3.86. The van der Waals surface area contributed by atoms with Crippen LogP contribution in [0.5, 0.6) is 0 Å². The fraction of sp³-hybridized carbons (Fsp3) is 0.320. The second kappa shape index (κ2) is 11.7. The normalized spacial score (nSPS) is 15.1. The van der Waals surface area contributed by atoms with Crippen molar-refractivity contribution >= 4 is 25.5 Å². The molecule has 0 aliphatic carbocycles. The van der Waals surface area contributed by atoms with Gasteiger partial charge in [0.1, 0.15) is 29.6 Å². The summed E-state index contributed by atoms with van der Waals surface area (Å²) in [5, 5.41) is 16.4. The van der Waals surface area contributed by atoms with Crippen LogP contribution in [-0.4, -0.2) is 71.5 Å². The number of nitrogens with one attached hydrogen (secondary N) is 2. The molecule has 2 amide bonds. The van der Waals surface area contributed by atoms with E-state index >= 15 is 0 Å². The SMILES string of the molecule is CC(=O)NC(Cc1cnc[nH]1)C(=O)N1CCC=C1[P+](O)(O)CC(Cc1cc(-c2ccccc2)no1)C(=O)O. The third kappa shape index (κ3) is 6.52. The Morgan fingerprint density at radius 1 is 1.21 bits per heavy atom. The minimum atomic E-state index is -4.05. The van der Waals surface area contributed by atoms with Crippen LogP contribution in [0, 0.1) is 5.92 Å². The maximum absolute atomic E-state index is 13.4. The van der Waals surface area contributed by atoms with Crippen molar-refractivity contribution in [3.63, 3.8) is 0 Å². The molecule has 4 rings (SSSR count). The fourth-order valence-electron chi connectivity index (χ4n) is 4.39. The van der Waals surface area contributed by atoms with Crippen LogP contribution in [0.1, 0.15) is 24.8 Å². The molecule has 12 nitrogen and oxygen atoms in total. The topological polar surface area (TPSA) is 182 Å². The van der Waals surface area contributed by atoms with E-state index in [0.29, 0.717) is 17.8 Å². The molecule has 0 fully saturated rings. The highest BCUT2D eigenvalue weighted by Crippen LogP contribution is 2.62. The number of aromatic amines is 1. The predicted octanol–water partition coefficient (Wildman–Crippen LogP) is 1.96. The average Bonchev–Trinajstić information content (AvgIpc) is 3.65. The molecular formula is C25H29N5O7P+. The van der Waals surface area contributed by atoms with Gasteiger partial charge in [-0.2, -0.15) is 0 Å². The van der Waals surface area contributed by atoms with Gasteiger partial charge in [-0.1, -0.05) is 35.5 Å². The van der Waals surface area contributed by atoms with E-state index in [1.165, 1.54) is 30.4 Å². The summed E-state index contributed by atoms with van der Waals surface area (Å²) in [4.78, 5) is 67.5. The molecule has 2 unspecified atom stereocenters. The summed E-state index contributed by atoms with van der Waals surface area (Å²) in [6.07, 6.45) is 4.39. The highest BCUT2D eigenvalue weighted by atomic mass is 31.2. The monoisotopic (exact) mass is 542 g/mol. The first-order valence-corrected chi connectivity index (χ1v) is 13.9. The van der Waals surface area contributed by atoms with Gasteiger partial charge in [0.25, 0.3) is 5.91 Å². The lowest BCUT2D eigenvalue weighted by molar-refractivity contribution is -0.141. The van der Waals surface area contributed by atoms with Crippen LogP contribution in [0.25, 0.3) is 11.3 Å². The van der Waals surface area contributed by atoms with Gasteiger partial charge in [-0.25, -0.2) is 14.8 Å². The largest absolute Gasteiger partial charge is 0.481 e. The first-order chi connectivity index (χ1) is 18.1. The van der Waals surface area contributed by atoms with Crippen molar-refractivity contribution in [1.29, 1.82) is 0 Å². The van der Waals surface area contributed by atoms with E-state index in [9.17, 15) is 29.3 Å². The zero-order valence-corrected chi connectivity index (χ0v) is 21.5. The maximum Gasteiger partial charge on any atom is 0.317 e. The van der Waals surface area contributed by atoms with Gasteiger partial charge in [-0.05, 0) is 12.5 Å². The number of nitrogens with zero attached hydrogens (tertiary/aromatic N) is 3. The van der Waals surface area contributed by atoms with Gasteiger partial charge in [-0.15, -0.1) is 0 Å².